The van der Waals surface area contributed by atoms with Gasteiger partial charge in [0.05, 0.1) is 24.0 Å². The highest BCUT2D eigenvalue weighted by Crippen LogP contribution is 2.25. The van der Waals surface area contributed by atoms with Gasteiger partial charge in [-0.1, -0.05) is 17.8 Å². The summed E-state index contributed by atoms with van der Waals surface area (Å²) < 4.78 is 4.92. The van der Waals surface area contributed by atoms with Crippen molar-refractivity contribution in [1.82, 2.24) is 10.3 Å². The van der Waals surface area contributed by atoms with Crippen LogP contribution in [0.4, 0.5) is 0 Å². The Balaban J connectivity index is 2.06. The molecular formula is C17H17N3O3S2. The Morgan fingerprint density at radius 1 is 1.44 bits per heavy atom. The van der Waals surface area contributed by atoms with E-state index in [-0.39, 0.29) is 18.2 Å². The molecule has 0 radical (unpaired) electrons. The maximum absolute atomic E-state index is 12.2. The maximum atomic E-state index is 12.2. The maximum Gasteiger partial charge on any atom is 0.356 e. The van der Waals surface area contributed by atoms with E-state index >= 15 is 0 Å². The van der Waals surface area contributed by atoms with Crippen molar-refractivity contribution in [2.24, 2.45) is 0 Å². The van der Waals surface area contributed by atoms with Crippen LogP contribution in [0.2, 0.25) is 0 Å². The first-order chi connectivity index (χ1) is 12.0. The molecule has 130 valence electrons. The van der Waals surface area contributed by atoms with Crippen LogP contribution < -0.4 is 5.32 Å². The Morgan fingerprint density at radius 2 is 2.24 bits per heavy atom. The van der Waals surface area contributed by atoms with Crippen molar-refractivity contribution < 1.29 is 14.3 Å². The van der Waals surface area contributed by atoms with Gasteiger partial charge in [-0.05, 0) is 37.4 Å². The van der Waals surface area contributed by atoms with Gasteiger partial charge in [0.2, 0.25) is 5.91 Å². The van der Waals surface area contributed by atoms with Crippen molar-refractivity contribution in [3.63, 3.8) is 0 Å². The number of hydrogen-bond donors (Lipinski definition) is 1. The molecule has 0 spiro atoms. The highest BCUT2D eigenvalue weighted by Gasteiger charge is 2.19. The third-order valence-electron chi connectivity index (χ3n) is 3.14. The average Bonchev–Trinajstić information content (AvgIpc) is 3.13. The molecule has 0 fully saturated rings. The molecule has 1 amide bonds. The van der Waals surface area contributed by atoms with E-state index in [4.69, 9.17) is 4.74 Å². The fraction of sp³-hybridized carbons (Fsp3) is 0.294. The largest absolute Gasteiger partial charge is 0.461 e. The third-order valence-corrected chi connectivity index (χ3v) is 5.12. The predicted octanol–water partition coefficient (Wildman–Crippen LogP) is 2.99. The van der Waals surface area contributed by atoms with Crippen molar-refractivity contribution in [2.45, 2.75) is 30.7 Å². The Labute approximate surface area is 154 Å². The minimum Gasteiger partial charge on any atom is -0.461 e. The molecular weight excluding hydrogens is 358 g/mol. The fourth-order valence-corrected chi connectivity index (χ4v) is 3.45. The van der Waals surface area contributed by atoms with Gasteiger partial charge in [-0.2, -0.15) is 5.26 Å². The molecule has 2 heterocycles. The molecule has 25 heavy (non-hydrogen) atoms. The van der Waals surface area contributed by atoms with Gasteiger partial charge in [0.25, 0.3) is 0 Å². The molecule has 0 aliphatic carbocycles. The lowest BCUT2D eigenvalue weighted by Gasteiger charge is -2.12. The third kappa shape index (κ3) is 5.31. The number of ether oxygens (including phenoxy) is 1. The molecule has 0 aliphatic rings. The summed E-state index contributed by atoms with van der Waals surface area (Å²) >= 11 is 2.71. The van der Waals surface area contributed by atoms with Crippen LogP contribution in [-0.4, -0.2) is 28.7 Å². The number of rotatable bonds is 7. The second-order valence-corrected chi connectivity index (χ2v) is 7.30. The normalized spacial score (nSPS) is 11.4. The van der Waals surface area contributed by atoms with E-state index in [0.29, 0.717) is 17.1 Å². The van der Waals surface area contributed by atoms with Crippen LogP contribution in [0.1, 0.15) is 34.8 Å². The topological polar surface area (TPSA) is 92.1 Å². The van der Waals surface area contributed by atoms with Gasteiger partial charge in [-0.3, -0.25) is 4.79 Å². The van der Waals surface area contributed by atoms with E-state index in [1.807, 2.05) is 23.6 Å². The van der Waals surface area contributed by atoms with Gasteiger partial charge < -0.3 is 10.1 Å². The van der Waals surface area contributed by atoms with E-state index in [9.17, 15) is 14.9 Å². The van der Waals surface area contributed by atoms with E-state index in [0.717, 1.165) is 16.6 Å². The van der Waals surface area contributed by atoms with Crippen LogP contribution >= 0.6 is 23.1 Å². The quantitative estimate of drug-likeness (QED) is 0.591. The number of hydrogen-bond acceptors (Lipinski definition) is 7. The van der Waals surface area contributed by atoms with Crippen molar-refractivity contribution in [1.29, 1.82) is 5.26 Å². The zero-order valence-corrected chi connectivity index (χ0v) is 15.4. The summed E-state index contributed by atoms with van der Waals surface area (Å²) in [6.45, 7) is 4.14. The molecule has 2 rings (SSSR count). The highest BCUT2D eigenvalue weighted by molar-refractivity contribution is 8.00. The minimum absolute atomic E-state index is 0.120. The van der Waals surface area contributed by atoms with E-state index in [2.05, 4.69) is 10.3 Å². The first-order valence-corrected chi connectivity index (χ1v) is 9.36. The fourth-order valence-electron chi connectivity index (χ4n) is 1.89. The monoisotopic (exact) mass is 375 g/mol. The summed E-state index contributed by atoms with van der Waals surface area (Å²) in [4.78, 5) is 29.3. The standard InChI is InChI=1S/C17H17N3O3S2/c1-3-23-17(22)14-7-6-12(9-18)16(20-14)25-11(2)15(21)19-10-13-5-4-8-24-13/h4-8,11H,3,10H2,1-2H3,(H,19,21)/t11-/m1/s1. The van der Waals surface area contributed by atoms with Gasteiger partial charge in [0.15, 0.2) is 0 Å². The lowest BCUT2D eigenvalue weighted by Crippen LogP contribution is -2.30. The van der Waals surface area contributed by atoms with E-state index < -0.39 is 11.2 Å². The molecule has 1 atom stereocenters. The smallest absolute Gasteiger partial charge is 0.356 e. The van der Waals surface area contributed by atoms with Crippen LogP contribution in [0, 0.1) is 11.3 Å². The summed E-state index contributed by atoms with van der Waals surface area (Å²) in [5, 5.41) is 13.9. The Kier molecular flexibility index (Phi) is 6.98. The van der Waals surface area contributed by atoms with Crippen LogP contribution in [0.3, 0.4) is 0 Å². The number of aromatic nitrogens is 1. The zero-order chi connectivity index (χ0) is 18.2. The summed E-state index contributed by atoms with van der Waals surface area (Å²) in [5.41, 5.74) is 0.436. The highest BCUT2D eigenvalue weighted by atomic mass is 32.2. The Morgan fingerprint density at radius 3 is 2.88 bits per heavy atom. The molecule has 0 unspecified atom stereocenters. The summed E-state index contributed by atoms with van der Waals surface area (Å²) in [6.07, 6.45) is 0. The summed E-state index contributed by atoms with van der Waals surface area (Å²) in [5.74, 6) is -0.714. The number of nitrogens with one attached hydrogen (secondary N) is 1. The predicted molar refractivity (Wildman–Crippen MR) is 96.4 cm³/mol. The second-order valence-electron chi connectivity index (χ2n) is 4.94. The summed E-state index contributed by atoms with van der Waals surface area (Å²) in [6, 6.07) is 8.86. The molecule has 2 aromatic rings. The number of thioether (sulfide) groups is 1. The number of pyridine rings is 1. The zero-order valence-electron chi connectivity index (χ0n) is 13.8. The van der Waals surface area contributed by atoms with Crippen LogP contribution in [0.25, 0.3) is 0 Å². The van der Waals surface area contributed by atoms with Crippen molar-refractivity contribution >= 4 is 35.0 Å². The van der Waals surface area contributed by atoms with Crippen molar-refractivity contribution in [2.75, 3.05) is 6.61 Å². The number of nitrogens with zero attached hydrogens (tertiary/aromatic N) is 2. The lowest BCUT2D eigenvalue weighted by molar-refractivity contribution is -0.120. The molecule has 0 aromatic carbocycles. The van der Waals surface area contributed by atoms with Crippen molar-refractivity contribution in [3.8, 4) is 6.07 Å². The van der Waals surface area contributed by atoms with Gasteiger partial charge >= 0.3 is 5.97 Å². The molecule has 1 N–H and O–H groups in total. The van der Waals surface area contributed by atoms with Crippen LogP contribution in [0.15, 0.2) is 34.7 Å². The summed E-state index contributed by atoms with van der Waals surface area (Å²) in [7, 11) is 0. The van der Waals surface area contributed by atoms with E-state index in [1.165, 1.54) is 12.1 Å². The van der Waals surface area contributed by atoms with Gasteiger partial charge in [-0.25, -0.2) is 9.78 Å². The molecule has 0 bridgehead atoms. The SMILES string of the molecule is CCOC(=O)c1ccc(C#N)c(S[C@H](C)C(=O)NCc2cccs2)n1. The van der Waals surface area contributed by atoms with Crippen LogP contribution in [-0.2, 0) is 16.1 Å². The first-order valence-electron chi connectivity index (χ1n) is 7.60. The molecule has 0 aliphatic heterocycles. The molecule has 8 heteroatoms. The lowest BCUT2D eigenvalue weighted by atomic mass is 10.2. The van der Waals surface area contributed by atoms with E-state index in [1.54, 1.807) is 25.2 Å². The number of nitriles is 1. The van der Waals surface area contributed by atoms with Crippen LogP contribution in [0.5, 0.6) is 0 Å². The molecule has 0 saturated heterocycles. The van der Waals surface area contributed by atoms with Gasteiger partial charge in [0.1, 0.15) is 16.8 Å². The molecule has 0 saturated carbocycles. The number of carbonyl (C=O) groups excluding carboxylic acids is 2. The first kappa shape index (κ1) is 19.0. The molecule has 2 aromatic heterocycles. The second kappa shape index (κ2) is 9.20. The Bertz CT molecular complexity index is 785. The number of carbonyl (C=O) groups is 2. The molecule has 6 nitrogen and oxygen atoms in total. The Hall–Kier alpha value is -2.37. The number of thiophene rings is 1. The number of amides is 1. The van der Waals surface area contributed by atoms with Crippen molar-refractivity contribution in [3.05, 3.63) is 45.8 Å². The number of esters is 1. The average molecular weight is 375 g/mol. The minimum atomic E-state index is -0.552. The van der Waals surface area contributed by atoms with Gasteiger partial charge in [0, 0.05) is 4.88 Å². The van der Waals surface area contributed by atoms with Gasteiger partial charge in [-0.15, -0.1) is 11.3 Å².